The predicted octanol–water partition coefficient (Wildman–Crippen LogP) is 21.1. The molecular weight excluding hydrogens is 1700 g/mol. The van der Waals surface area contributed by atoms with Gasteiger partial charge in [0.25, 0.3) is 0 Å². The van der Waals surface area contributed by atoms with Crippen molar-refractivity contribution in [3.63, 3.8) is 0 Å². The van der Waals surface area contributed by atoms with E-state index in [9.17, 15) is 50.0 Å². The number of hydrogen-bond acceptors (Lipinski definition) is 19. The van der Waals surface area contributed by atoms with E-state index in [1.807, 2.05) is 186 Å². The first kappa shape index (κ1) is 90.1. The number of alkyl halides is 4. The van der Waals surface area contributed by atoms with Gasteiger partial charge in [0.2, 0.25) is 21.8 Å². The van der Waals surface area contributed by atoms with Crippen molar-refractivity contribution >= 4 is 68.2 Å². The monoisotopic (exact) mass is 1800 g/mol. The van der Waals surface area contributed by atoms with Gasteiger partial charge in [0, 0.05) is 68.9 Å². The van der Waals surface area contributed by atoms with Crippen molar-refractivity contribution in [1.29, 1.82) is 0 Å². The number of ether oxygens (including phenoxy) is 6. The quantitative estimate of drug-likeness (QED) is 0.0374. The molecular formula is C102H102ClF4N9O13S. The molecule has 3 N–H and O–H groups in total. The van der Waals surface area contributed by atoms with Gasteiger partial charge in [0.1, 0.15) is 40.5 Å². The lowest BCUT2D eigenvalue weighted by Crippen LogP contribution is -2.30. The molecule has 130 heavy (non-hydrogen) atoms. The second-order valence-electron chi connectivity index (χ2n) is 34.0. The maximum atomic E-state index is 13.4. The molecule has 0 bridgehead atoms. The van der Waals surface area contributed by atoms with Crippen LogP contribution in [0, 0.1) is 34.6 Å². The van der Waals surface area contributed by atoms with Gasteiger partial charge in [0.15, 0.2) is 28.8 Å². The molecule has 8 heterocycles. The average molecular weight is 1810 g/mol. The standard InChI is InChI=1S/C28H27F2N3O3.C27H23F2NO4.C24H25N3O4S.C23H21ClN2O2.3H2/c1-18-8-10-20(31-26(18)21-6-5-7-25(32-21)33-14-3-2-4-15-33)17-24(34)27(12-13-27)19-9-11-22-23(16-19)36-28(29,30)35-22;1-15-10-18(17(3)31)12-19(11-15)25-16(2)4-6-21(30-25)14-24(32)26(8-9-26)20-5-7-22-23(13-20)34-27(28,29)33-22;1-16-4-13-21(26-22(16)17-5-11-20(12-6-17)32(29,30)25-2)27-23(28)24(14-15-24)18-7-9-19(31-3)10-8-18;1-15-3-12-20(25-21(15)16-4-8-18(24)9-5-16)26-22(27)23(13-14-23)17-6-10-19(28-2)11-7-17;;;/h5-11,16H,2-4,12-15,17H2,1H3;4-7,10-13H,8-9,14H2,1-3H3;4-13,25H,14-15H2,1-3H3,(H,26,27,28);3-12H,13-14H2,1-2H3,(H,25,26,27);3*1H. The number of amides is 2. The molecule has 7 aliphatic rings. The van der Waals surface area contributed by atoms with Crippen LogP contribution in [-0.2, 0) is 63.7 Å². The van der Waals surface area contributed by atoms with E-state index in [4.69, 9.17) is 36.0 Å². The lowest BCUT2D eigenvalue weighted by atomic mass is 9.88. The smallest absolute Gasteiger partial charge is 0.497 e. The fourth-order valence-corrected chi connectivity index (χ4v) is 17.7. The van der Waals surface area contributed by atoms with E-state index < -0.39 is 44.3 Å². The molecule has 5 fully saturated rings. The first-order chi connectivity index (χ1) is 62.2. The summed E-state index contributed by atoms with van der Waals surface area (Å²) < 4.78 is 108. The number of ketones is 3. The van der Waals surface area contributed by atoms with Gasteiger partial charge in [-0.1, -0.05) is 103 Å². The molecule has 1 saturated heterocycles. The number of anilines is 3. The van der Waals surface area contributed by atoms with Crippen LogP contribution in [0.15, 0.2) is 223 Å². The number of carbonyl (C=O) groups excluding carboxylic acids is 5. The van der Waals surface area contributed by atoms with Crippen LogP contribution < -0.4 is 48.7 Å². The minimum absolute atomic E-state index is 0. The van der Waals surface area contributed by atoms with Crippen molar-refractivity contribution in [2.75, 3.05) is 49.9 Å². The Morgan fingerprint density at radius 3 is 1.30 bits per heavy atom. The zero-order valence-corrected chi connectivity index (χ0v) is 74.8. The second-order valence-corrected chi connectivity index (χ2v) is 36.3. The van der Waals surface area contributed by atoms with Crippen LogP contribution in [0.4, 0.5) is 35.0 Å². The minimum Gasteiger partial charge on any atom is -0.497 e. The summed E-state index contributed by atoms with van der Waals surface area (Å²) in [6, 6.07) is 65.3. The van der Waals surface area contributed by atoms with Crippen molar-refractivity contribution < 1.29 is 82.7 Å². The van der Waals surface area contributed by atoms with Crippen molar-refractivity contribution in [3.05, 3.63) is 290 Å². The summed E-state index contributed by atoms with van der Waals surface area (Å²) in [5.74, 6) is 3.24. The van der Waals surface area contributed by atoms with E-state index >= 15 is 0 Å². The molecule has 28 heteroatoms. The van der Waals surface area contributed by atoms with Crippen LogP contribution in [0.5, 0.6) is 34.5 Å². The number of sulfonamides is 1. The topological polar surface area (TPSA) is 279 Å². The third kappa shape index (κ3) is 19.5. The number of hydrogen-bond donors (Lipinski definition) is 3. The summed E-state index contributed by atoms with van der Waals surface area (Å²) in [7, 11) is 1.12. The van der Waals surface area contributed by atoms with Crippen molar-refractivity contribution in [2.24, 2.45) is 0 Å². The Bertz CT molecular complexity index is 6520. The molecule has 22 nitrogen and oxygen atoms in total. The first-order valence-corrected chi connectivity index (χ1v) is 44.9. The molecule has 4 saturated carbocycles. The van der Waals surface area contributed by atoms with Gasteiger partial charge in [0.05, 0.1) is 69.2 Å². The molecule has 0 radical (unpaired) electrons. The SMILES string of the molecule is CC(=O)c1cc(C)cc(-c2nc(CC(=O)C3(c4ccc5c(c4)OC(F)(F)O5)CC3)ccc2C)c1.CNS(=O)(=O)c1ccc(-c2nc(NC(=O)C3(c4ccc(OC)cc4)CC3)ccc2C)cc1.COc1ccc(C2(C(=O)Nc3ccc(C)c(-c4ccc(Cl)cc4)n3)CC2)cc1.Cc1ccc(CC(=O)C2(c3ccc4c(c3)OC(F)(F)O4)CC2)nc1-c1cccc(N2CCCCC2)n1.[HH].[HH].[HH]. The van der Waals surface area contributed by atoms with Crippen LogP contribution >= 0.6 is 11.6 Å². The molecule has 19 rings (SSSR count). The van der Waals surface area contributed by atoms with Gasteiger partial charge in [-0.05, 0) is 297 Å². The number of aryl methyl sites for hydroxylation is 5. The zero-order chi connectivity index (χ0) is 91.8. The Hall–Kier alpha value is -13.2. The molecule has 12 aromatic rings. The highest BCUT2D eigenvalue weighted by molar-refractivity contribution is 7.89. The maximum absolute atomic E-state index is 13.4. The number of methoxy groups -OCH3 is 2. The van der Waals surface area contributed by atoms with Gasteiger partial charge < -0.3 is 44.0 Å². The van der Waals surface area contributed by atoms with Crippen molar-refractivity contribution in [3.8, 4) is 79.7 Å². The van der Waals surface area contributed by atoms with Crippen LogP contribution in [0.3, 0.4) is 0 Å². The maximum Gasteiger partial charge on any atom is 0.586 e. The van der Waals surface area contributed by atoms with Gasteiger partial charge in [-0.25, -0.2) is 28.1 Å². The Kier molecular flexibility index (Phi) is 25.2. The van der Waals surface area contributed by atoms with Crippen LogP contribution in [0.1, 0.15) is 154 Å². The van der Waals surface area contributed by atoms with E-state index in [0.717, 1.165) is 134 Å². The molecule has 0 spiro atoms. The van der Waals surface area contributed by atoms with E-state index in [1.54, 1.807) is 44.6 Å². The molecule has 7 aromatic carbocycles. The lowest BCUT2D eigenvalue weighted by molar-refractivity contribution is -0.287. The van der Waals surface area contributed by atoms with Crippen molar-refractivity contribution in [2.45, 2.75) is 164 Å². The highest BCUT2D eigenvalue weighted by Crippen LogP contribution is 2.56. The number of halogens is 5. The third-order valence-electron chi connectivity index (χ3n) is 25.0. The van der Waals surface area contributed by atoms with Gasteiger partial charge in [-0.3, -0.25) is 33.9 Å². The fourth-order valence-electron chi connectivity index (χ4n) is 16.9. The molecule has 0 atom stereocenters. The molecule has 2 amide bonds. The first-order valence-electron chi connectivity index (χ1n) is 43.0. The predicted molar refractivity (Wildman–Crippen MR) is 493 cm³/mol. The number of aromatic nitrogens is 5. The summed E-state index contributed by atoms with van der Waals surface area (Å²) in [5.41, 5.74) is 14.0. The summed E-state index contributed by atoms with van der Waals surface area (Å²) >= 11 is 5.99. The number of fused-ring (bicyclic) bond motifs is 2. The third-order valence-corrected chi connectivity index (χ3v) is 26.7. The van der Waals surface area contributed by atoms with Gasteiger partial charge in [-0.2, -0.15) is 0 Å². The van der Waals surface area contributed by atoms with Gasteiger partial charge in [-0.15, -0.1) is 17.6 Å². The lowest BCUT2D eigenvalue weighted by Gasteiger charge is -2.28. The number of benzene rings is 7. The Balaban J connectivity index is 0.000000150. The Morgan fingerprint density at radius 1 is 0.446 bits per heavy atom. The Morgan fingerprint density at radius 2 is 0.862 bits per heavy atom. The highest BCUT2D eigenvalue weighted by Gasteiger charge is 2.56. The normalized spacial score (nSPS) is 16.4. The average Bonchev–Trinajstić information content (AvgIpc) is 1.61. The number of pyridine rings is 5. The molecule has 0 unspecified atom stereocenters. The number of nitrogens with zero attached hydrogens (tertiary/aromatic N) is 6. The highest BCUT2D eigenvalue weighted by atomic mass is 35.5. The Labute approximate surface area is 760 Å². The zero-order valence-electron chi connectivity index (χ0n) is 73.2. The second kappa shape index (κ2) is 36.4. The fraction of sp³-hybridized carbons (Fsp3) is 0.294. The number of Topliss-reactive ketones (excluding diaryl/α,β-unsaturated/α-hetero) is 3. The summed E-state index contributed by atoms with van der Waals surface area (Å²) in [6.07, 6.45) is 2.35. The minimum atomic E-state index is -3.69. The van der Waals surface area contributed by atoms with Crippen LogP contribution in [0.2, 0.25) is 5.02 Å². The number of carbonyl (C=O) groups is 5. The van der Waals surface area contributed by atoms with Crippen LogP contribution in [-0.4, -0.2) is 109 Å². The number of rotatable bonds is 24. The van der Waals surface area contributed by atoms with E-state index in [-0.39, 0.29) is 74.2 Å². The molecule has 3 aliphatic heterocycles. The van der Waals surface area contributed by atoms with Gasteiger partial charge >= 0.3 is 12.6 Å². The number of piperidine rings is 1. The molecule has 5 aromatic heterocycles. The van der Waals surface area contributed by atoms with E-state index in [1.165, 1.54) is 69.6 Å². The largest absolute Gasteiger partial charge is 0.586 e. The number of nitrogens with one attached hydrogen (secondary N) is 3. The summed E-state index contributed by atoms with van der Waals surface area (Å²) in [6.45, 7) is 13.3. The van der Waals surface area contributed by atoms with Crippen LogP contribution in [0.25, 0.3) is 45.2 Å². The summed E-state index contributed by atoms with van der Waals surface area (Å²) in [5, 5.41) is 6.66. The molecule has 4 aliphatic carbocycles. The van der Waals surface area contributed by atoms with Crippen molar-refractivity contribution in [1.82, 2.24) is 29.6 Å². The summed E-state index contributed by atoms with van der Waals surface area (Å²) in [4.78, 5) is 91.1. The van der Waals surface area contributed by atoms with E-state index in [2.05, 4.69) is 49.2 Å². The van der Waals surface area contributed by atoms with E-state index in [0.29, 0.717) is 76.1 Å². The molecule has 674 valence electrons.